The molecule has 0 fully saturated rings. The molecule has 3 aliphatic rings. The lowest BCUT2D eigenvalue weighted by Crippen LogP contribution is -2.49. The van der Waals surface area contributed by atoms with Crippen molar-refractivity contribution in [1.29, 1.82) is 0 Å². The van der Waals surface area contributed by atoms with Crippen molar-refractivity contribution in [3.63, 3.8) is 0 Å². The highest BCUT2D eigenvalue weighted by Crippen LogP contribution is 2.36. The Hall–Kier alpha value is -4.01. The fourth-order valence-electron chi connectivity index (χ4n) is 3.81. The van der Waals surface area contributed by atoms with Crippen LogP contribution in [0.1, 0.15) is 17.2 Å². The van der Waals surface area contributed by atoms with Gasteiger partial charge in [-0.1, -0.05) is 29.8 Å². The van der Waals surface area contributed by atoms with E-state index >= 15 is 0 Å². The monoisotopic (exact) mass is 421 g/mol. The highest BCUT2D eigenvalue weighted by Gasteiger charge is 2.42. The van der Waals surface area contributed by atoms with Gasteiger partial charge in [0.15, 0.2) is 11.5 Å². The fraction of sp³-hybridized carbons (Fsp3) is 0.227. The number of nitrogens with one attached hydrogen (secondary N) is 2. The average Bonchev–Trinajstić information content (AvgIpc) is 3.37. The number of anilines is 1. The van der Waals surface area contributed by atoms with Crippen molar-refractivity contribution in [2.75, 3.05) is 25.3 Å². The van der Waals surface area contributed by atoms with E-state index in [-0.39, 0.29) is 19.9 Å². The summed E-state index contributed by atoms with van der Waals surface area (Å²) >= 11 is 0. The topological polar surface area (TPSA) is 106 Å². The van der Waals surface area contributed by atoms with Gasteiger partial charge in [-0.3, -0.25) is 9.69 Å². The van der Waals surface area contributed by atoms with Crippen LogP contribution in [0.5, 0.6) is 11.5 Å². The second-order valence-corrected chi connectivity index (χ2v) is 7.43. The lowest BCUT2D eigenvalue weighted by atomic mass is 9.95. The number of rotatable bonds is 4. The first-order chi connectivity index (χ1) is 15.0. The Morgan fingerprint density at radius 2 is 1.87 bits per heavy atom. The van der Waals surface area contributed by atoms with Crippen LogP contribution in [0.15, 0.2) is 53.7 Å². The van der Waals surface area contributed by atoms with E-state index in [1.165, 1.54) is 4.90 Å². The molecule has 0 aliphatic carbocycles. The molecule has 3 aliphatic heterocycles. The third-order valence-corrected chi connectivity index (χ3v) is 5.37. The van der Waals surface area contributed by atoms with Gasteiger partial charge in [-0.25, -0.2) is 9.59 Å². The first kappa shape index (κ1) is 19.0. The van der Waals surface area contributed by atoms with E-state index in [4.69, 9.17) is 14.2 Å². The number of carbonyl (C=O) groups excluding carboxylic acids is 3. The number of cyclic esters (lactones) is 1. The summed E-state index contributed by atoms with van der Waals surface area (Å²) in [5.74, 6) is 0.219. The molecule has 31 heavy (non-hydrogen) atoms. The van der Waals surface area contributed by atoms with Crippen LogP contribution in [0.2, 0.25) is 0 Å². The number of urea groups is 1. The Labute approximate surface area is 177 Å². The summed E-state index contributed by atoms with van der Waals surface area (Å²) in [5, 5.41) is 5.55. The predicted molar refractivity (Wildman–Crippen MR) is 108 cm³/mol. The molecule has 3 amide bonds. The zero-order valence-electron chi connectivity index (χ0n) is 16.6. The molecule has 158 valence electrons. The van der Waals surface area contributed by atoms with Crippen LogP contribution in [-0.2, 0) is 14.3 Å². The molecule has 2 N–H and O–H groups in total. The van der Waals surface area contributed by atoms with Gasteiger partial charge >= 0.3 is 12.0 Å². The Morgan fingerprint density at radius 3 is 2.68 bits per heavy atom. The summed E-state index contributed by atoms with van der Waals surface area (Å²) in [6.45, 7) is 1.77. The average molecular weight is 421 g/mol. The first-order valence-corrected chi connectivity index (χ1v) is 9.74. The van der Waals surface area contributed by atoms with E-state index in [9.17, 15) is 14.4 Å². The number of ether oxygens (including phenoxy) is 3. The summed E-state index contributed by atoms with van der Waals surface area (Å²) in [5.41, 5.74) is 3.10. The highest BCUT2D eigenvalue weighted by molar-refractivity contribution is 6.00. The fourth-order valence-corrected chi connectivity index (χ4v) is 3.81. The van der Waals surface area contributed by atoms with Crippen LogP contribution < -0.4 is 20.1 Å². The van der Waals surface area contributed by atoms with Crippen molar-refractivity contribution in [2.24, 2.45) is 0 Å². The zero-order valence-corrected chi connectivity index (χ0v) is 16.6. The van der Waals surface area contributed by atoms with Gasteiger partial charge in [-0.15, -0.1) is 0 Å². The summed E-state index contributed by atoms with van der Waals surface area (Å²) in [6, 6.07) is 11.5. The Bertz CT molecular complexity index is 1120. The molecule has 5 rings (SSSR count). The van der Waals surface area contributed by atoms with Gasteiger partial charge in [-0.05, 0) is 24.6 Å². The van der Waals surface area contributed by atoms with Crippen LogP contribution >= 0.6 is 0 Å². The summed E-state index contributed by atoms with van der Waals surface area (Å²) in [4.78, 5) is 39.1. The van der Waals surface area contributed by atoms with E-state index in [0.29, 0.717) is 28.5 Å². The number of hydrogen-bond donors (Lipinski definition) is 2. The number of fused-ring (bicyclic) bond motifs is 1. The van der Waals surface area contributed by atoms with Crippen molar-refractivity contribution >= 4 is 23.6 Å². The Kier molecular flexibility index (Phi) is 4.50. The van der Waals surface area contributed by atoms with Crippen molar-refractivity contribution in [2.45, 2.75) is 13.0 Å². The molecule has 1 unspecified atom stereocenters. The molecule has 0 spiro atoms. The second-order valence-electron chi connectivity index (χ2n) is 7.43. The quantitative estimate of drug-likeness (QED) is 0.734. The maximum absolute atomic E-state index is 12.8. The molecule has 2 aromatic rings. The maximum atomic E-state index is 12.8. The number of benzene rings is 2. The minimum atomic E-state index is -0.619. The molecule has 1 atom stereocenters. The Morgan fingerprint density at radius 1 is 1.10 bits per heavy atom. The number of hydrogen-bond acceptors (Lipinski definition) is 6. The zero-order chi connectivity index (χ0) is 21.5. The molecular formula is C22H19N3O6. The van der Waals surface area contributed by atoms with Crippen LogP contribution in [0.3, 0.4) is 0 Å². The molecule has 3 heterocycles. The SMILES string of the molecule is Cc1ccc(C2NC(=O)N(CC(=O)Nc3ccc4c(c3)OCO4)C3=C2C(=O)OC3)cc1. The van der Waals surface area contributed by atoms with Crippen molar-refractivity contribution in [3.05, 3.63) is 64.9 Å². The molecule has 9 nitrogen and oxygen atoms in total. The molecule has 0 aromatic heterocycles. The second kappa shape index (κ2) is 7.35. The number of carbonyl (C=O) groups is 3. The summed E-state index contributed by atoms with van der Waals surface area (Å²) in [6.07, 6.45) is 0. The number of aryl methyl sites for hydroxylation is 1. The predicted octanol–water partition coefficient (Wildman–Crippen LogP) is 2.24. The molecule has 0 saturated heterocycles. The molecule has 2 aromatic carbocycles. The van der Waals surface area contributed by atoms with Gasteiger partial charge in [0.2, 0.25) is 12.7 Å². The number of amides is 3. The summed E-state index contributed by atoms with van der Waals surface area (Å²) in [7, 11) is 0. The normalized spacial score (nSPS) is 19.1. The van der Waals surface area contributed by atoms with Gasteiger partial charge in [0.1, 0.15) is 13.2 Å². The summed E-state index contributed by atoms with van der Waals surface area (Å²) < 4.78 is 15.8. The third-order valence-electron chi connectivity index (χ3n) is 5.37. The van der Waals surface area contributed by atoms with Crippen molar-refractivity contribution in [3.8, 4) is 11.5 Å². The van der Waals surface area contributed by atoms with Gasteiger partial charge in [0, 0.05) is 11.8 Å². The molecule has 9 heteroatoms. The van der Waals surface area contributed by atoms with Crippen LogP contribution in [-0.4, -0.2) is 42.8 Å². The number of esters is 1. The Balaban J connectivity index is 1.37. The standard InChI is InChI=1S/C22H19N3O6/c1-12-2-4-13(5-3-12)20-19-15(10-29-21(19)27)25(22(28)24-20)9-18(26)23-14-6-7-16-17(8-14)31-11-30-16/h2-8,20H,9-11H2,1H3,(H,23,26)(H,24,28). The van der Waals surface area contributed by atoms with Gasteiger partial charge in [-0.2, -0.15) is 0 Å². The lowest BCUT2D eigenvalue weighted by molar-refractivity contribution is -0.136. The molecule has 0 bridgehead atoms. The van der Waals surface area contributed by atoms with Gasteiger partial charge < -0.3 is 24.8 Å². The van der Waals surface area contributed by atoms with Gasteiger partial charge in [0.05, 0.1) is 17.3 Å². The lowest BCUT2D eigenvalue weighted by Gasteiger charge is -2.32. The van der Waals surface area contributed by atoms with Crippen LogP contribution in [0.4, 0.5) is 10.5 Å². The van der Waals surface area contributed by atoms with E-state index in [2.05, 4.69) is 10.6 Å². The van der Waals surface area contributed by atoms with E-state index in [0.717, 1.165) is 11.1 Å². The van der Waals surface area contributed by atoms with Gasteiger partial charge in [0.25, 0.3) is 0 Å². The van der Waals surface area contributed by atoms with Crippen molar-refractivity contribution in [1.82, 2.24) is 10.2 Å². The van der Waals surface area contributed by atoms with Crippen LogP contribution in [0, 0.1) is 6.92 Å². The highest BCUT2D eigenvalue weighted by atomic mass is 16.7. The minimum absolute atomic E-state index is 0.0543. The molecule has 0 saturated carbocycles. The van der Waals surface area contributed by atoms with E-state index in [1.54, 1.807) is 18.2 Å². The smallest absolute Gasteiger partial charge is 0.338 e. The molecule has 0 radical (unpaired) electrons. The van der Waals surface area contributed by atoms with Crippen LogP contribution in [0.25, 0.3) is 0 Å². The third kappa shape index (κ3) is 3.43. The van der Waals surface area contributed by atoms with E-state index in [1.807, 2.05) is 31.2 Å². The largest absolute Gasteiger partial charge is 0.456 e. The number of nitrogens with zero attached hydrogens (tertiary/aromatic N) is 1. The first-order valence-electron chi connectivity index (χ1n) is 9.74. The molecular weight excluding hydrogens is 402 g/mol. The van der Waals surface area contributed by atoms with E-state index < -0.39 is 23.9 Å². The minimum Gasteiger partial charge on any atom is -0.456 e. The maximum Gasteiger partial charge on any atom is 0.338 e. The van der Waals surface area contributed by atoms with Crippen molar-refractivity contribution < 1.29 is 28.6 Å².